The van der Waals surface area contributed by atoms with E-state index in [1.807, 2.05) is 11.6 Å². The minimum atomic E-state index is -0.393. The fourth-order valence-electron chi connectivity index (χ4n) is 3.82. The van der Waals surface area contributed by atoms with E-state index in [2.05, 4.69) is 63.8 Å². The van der Waals surface area contributed by atoms with Gasteiger partial charge in [0.05, 0.1) is 0 Å². The number of carbonyl (C=O) groups is 2. The molecule has 2 N–H and O–H groups in total. The van der Waals surface area contributed by atoms with Gasteiger partial charge >= 0.3 is 6.03 Å². The summed E-state index contributed by atoms with van der Waals surface area (Å²) >= 11 is 1.45. The molecule has 0 saturated heterocycles. The Morgan fingerprint density at radius 3 is 2.45 bits per heavy atom. The minimum absolute atomic E-state index is 0.195. The third kappa shape index (κ3) is 6.22. The van der Waals surface area contributed by atoms with Crippen LogP contribution in [-0.4, -0.2) is 51.6 Å². The maximum atomic E-state index is 12.0. The van der Waals surface area contributed by atoms with E-state index in [-0.39, 0.29) is 18.4 Å². The Hall–Kier alpha value is -2.55. The van der Waals surface area contributed by atoms with E-state index >= 15 is 0 Å². The first-order chi connectivity index (χ1) is 15.0. The maximum absolute atomic E-state index is 12.0. The minimum Gasteiger partial charge on any atom is -0.372 e. The molecule has 9 heteroatoms. The quantitative estimate of drug-likeness (QED) is 0.575. The summed E-state index contributed by atoms with van der Waals surface area (Å²) < 4.78 is 1.93. The number of benzene rings is 1. The number of anilines is 1. The molecule has 3 amide bonds. The third-order valence-electron chi connectivity index (χ3n) is 5.59. The summed E-state index contributed by atoms with van der Waals surface area (Å²) in [6.45, 7) is 6.23. The highest BCUT2D eigenvalue weighted by Gasteiger charge is 2.18. The lowest BCUT2D eigenvalue weighted by Crippen LogP contribution is -2.43. The Morgan fingerprint density at radius 2 is 1.81 bits per heavy atom. The second-order valence-corrected chi connectivity index (χ2v) is 8.75. The van der Waals surface area contributed by atoms with Gasteiger partial charge in [0.1, 0.15) is 0 Å². The average molecular weight is 445 g/mol. The predicted molar refractivity (Wildman–Crippen MR) is 124 cm³/mol. The van der Waals surface area contributed by atoms with Crippen LogP contribution in [-0.2, 0) is 11.8 Å². The number of nitrogens with zero attached hydrogens (tertiary/aromatic N) is 4. The third-order valence-corrected chi connectivity index (χ3v) is 6.61. The number of carbonyl (C=O) groups excluding carboxylic acids is 2. The number of hydrogen-bond acceptors (Lipinski definition) is 6. The van der Waals surface area contributed by atoms with Crippen LogP contribution in [0.2, 0.25) is 0 Å². The smallest absolute Gasteiger partial charge is 0.321 e. The molecule has 3 rings (SSSR count). The molecular formula is C22H32N6O2S. The molecule has 1 aromatic heterocycles. The number of aromatic nitrogens is 3. The summed E-state index contributed by atoms with van der Waals surface area (Å²) in [6, 6.07) is 8.12. The molecule has 0 aliphatic heterocycles. The first-order valence-electron chi connectivity index (χ1n) is 11.0. The fraction of sp³-hybridized carbons (Fsp3) is 0.545. The zero-order valence-corrected chi connectivity index (χ0v) is 19.4. The average Bonchev–Trinajstić information content (AvgIpc) is 3.39. The van der Waals surface area contributed by atoms with Gasteiger partial charge < -0.3 is 14.8 Å². The standard InChI is InChI=1S/C22H32N6O2S/c1-4-28(5-2)18-12-10-16(11-13-18)20-25-26-22(27(20)3)31-15-14-19(29)24-21(30)23-17-8-6-7-9-17/h10-13,17H,4-9,14-15H2,1-3H3,(H2,23,24,29,30). The Bertz CT molecular complexity index is 873. The largest absolute Gasteiger partial charge is 0.372 e. The lowest BCUT2D eigenvalue weighted by molar-refractivity contribution is -0.119. The van der Waals surface area contributed by atoms with E-state index in [0.29, 0.717) is 5.75 Å². The van der Waals surface area contributed by atoms with Crippen LogP contribution in [0.25, 0.3) is 11.4 Å². The molecule has 1 aliphatic rings. The van der Waals surface area contributed by atoms with E-state index in [9.17, 15) is 9.59 Å². The van der Waals surface area contributed by atoms with Gasteiger partial charge in [0.2, 0.25) is 5.91 Å². The van der Waals surface area contributed by atoms with Crippen molar-refractivity contribution >= 4 is 29.4 Å². The second kappa shape index (κ2) is 11.2. The number of imide groups is 1. The van der Waals surface area contributed by atoms with Crippen LogP contribution >= 0.6 is 11.8 Å². The van der Waals surface area contributed by atoms with Gasteiger partial charge in [0, 0.05) is 49.6 Å². The molecule has 1 saturated carbocycles. The van der Waals surface area contributed by atoms with E-state index < -0.39 is 6.03 Å². The number of amides is 3. The van der Waals surface area contributed by atoms with Crippen molar-refractivity contribution in [2.45, 2.75) is 57.1 Å². The number of hydrogen-bond donors (Lipinski definition) is 2. The van der Waals surface area contributed by atoms with Crippen LogP contribution in [0, 0.1) is 0 Å². The molecule has 2 aromatic rings. The number of rotatable bonds is 9. The normalized spacial score (nSPS) is 13.9. The Balaban J connectivity index is 1.49. The van der Waals surface area contributed by atoms with Crippen molar-refractivity contribution in [3.8, 4) is 11.4 Å². The molecule has 0 atom stereocenters. The van der Waals surface area contributed by atoms with Gasteiger partial charge in [0.25, 0.3) is 0 Å². The van der Waals surface area contributed by atoms with E-state index in [1.54, 1.807) is 0 Å². The Morgan fingerprint density at radius 1 is 1.13 bits per heavy atom. The molecule has 1 heterocycles. The maximum Gasteiger partial charge on any atom is 0.321 e. The van der Waals surface area contributed by atoms with Gasteiger partial charge in [0.15, 0.2) is 11.0 Å². The molecule has 168 valence electrons. The zero-order chi connectivity index (χ0) is 22.2. The molecule has 1 aromatic carbocycles. The number of nitrogens with one attached hydrogen (secondary N) is 2. The molecule has 31 heavy (non-hydrogen) atoms. The summed E-state index contributed by atoms with van der Waals surface area (Å²) in [5.41, 5.74) is 2.19. The van der Waals surface area contributed by atoms with E-state index in [4.69, 9.17) is 0 Å². The van der Waals surface area contributed by atoms with Crippen LogP contribution in [0.1, 0.15) is 46.0 Å². The predicted octanol–water partition coefficient (Wildman–Crippen LogP) is 3.58. The van der Waals surface area contributed by atoms with Gasteiger partial charge in [-0.3, -0.25) is 10.1 Å². The highest BCUT2D eigenvalue weighted by Crippen LogP contribution is 2.25. The molecule has 0 unspecified atom stereocenters. The van der Waals surface area contributed by atoms with Crippen LogP contribution in [0.4, 0.5) is 10.5 Å². The zero-order valence-electron chi connectivity index (χ0n) is 18.6. The SMILES string of the molecule is CCN(CC)c1ccc(-c2nnc(SCCC(=O)NC(=O)NC3CCCC3)n2C)cc1. The second-order valence-electron chi connectivity index (χ2n) is 7.69. The lowest BCUT2D eigenvalue weighted by atomic mass is 10.2. The van der Waals surface area contributed by atoms with Gasteiger partial charge in [-0.05, 0) is 51.0 Å². The molecule has 1 fully saturated rings. The lowest BCUT2D eigenvalue weighted by Gasteiger charge is -2.21. The van der Waals surface area contributed by atoms with E-state index in [1.165, 1.54) is 17.4 Å². The highest BCUT2D eigenvalue weighted by molar-refractivity contribution is 7.99. The topological polar surface area (TPSA) is 92.2 Å². The van der Waals surface area contributed by atoms with Gasteiger partial charge in [-0.1, -0.05) is 24.6 Å². The Kier molecular flexibility index (Phi) is 8.34. The number of thioether (sulfide) groups is 1. The molecule has 1 aliphatic carbocycles. The van der Waals surface area contributed by atoms with Crippen LogP contribution in [0.15, 0.2) is 29.4 Å². The van der Waals surface area contributed by atoms with Crippen molar-refractivity contribution in [3.63, 3.8) is 0 Å². The summed E-state index contributed by atoms with van der Waals surface area (Å²) in [5, 5.41) is 14.6. The first kappa shape index (κ1) is 23.1. The van der Waals surface area contributed by atoms with Crippen molar-refractivity contribution in [3.05, 3.63) is 24.3 Å². The van der Waals surface area contributed by atoms with Gasteiger partial charge in [-0.2, -0.15) is 0 Å². The first-order valence-corrected chi connectivity index (χ1v) is 12.0. The van der Waals surface area contributed by atoms with Crippen molar-refractivity contribution in [2.24, 2.45) is 7.05 Å². The molecule has 8 nitrogen and oxygen atoms in total. The molecule has 0 bridgehead atoms. The highest BCUT2D eigenvalue weighted by atomic mass is 32.2. The summed E-state index contributed by atoms with van der Waals surface area (Å²) in [5.74, 6) is 1.03. The van der Waals surface area contributed by atoms with Crippen LogP contribution < -0.4 is 15.5 Å². The summed E-state index contributed by atoms with van der Waals surface area (Å²) in [6.07, 6.45) is 4.49. The summed E-state index contributed by atoms with van der Waals surface area (Å²) in [7, 11) is 1.92. The van der Waals surface area contributed by atoms with Crippen molar-refractivity contribution in [1.29, 1.82) is 0 Å². The molecule has 0 spiro atoms. The molecule has 0 radical (unpaired) electrons. The molecular weight excluding hydrogens is 412 g/mol. The van der Waals surface area contributed by atoms with Crippen LogP contribution in [0.3, 0.4) is 0 Å². The van der Waals surface area contributed by atoms with Crippen molar-refractivity contribution < 1.29 is 9.59 Å². The number of urea groups is 1. The monoisotopic (exact) mass is 444 g/mol. The summed E-state index contributed by atoms with van der Waals surface area (Å²) in [4.78, 5) is 26.2. The van der Waals surface area contributed by atoms with E-state index in [0.717, 1.165) is 55.3 Å². The van der Waals surface area contributed by atoms with Crippen molar-refractivity contribution in [2.75, 3.05) is 23.7 Å². The van der Waals surface area contributed by atoms with Crippen molar-refractivity contribution in [1.82, 2.24) is 25.4 Å². The fourth-order valence-corrected chi connectivity index (χ4v) is 4.67. The van der Waals surface area contributed by atoms with Gasteiger partial charge in [-0.15, -0.1) is 10.2 Å². The Labute approximate surface area is 188 Å². The van der Waals surface area contributed by atoms with Gasteiger partial charge in [-0.25, -0.2) is 4.79 Å². The van der Waals surface area contributed by atoms with Crippen LogP contribution in [0.5, 0.6) is 0 Å².